The van der Waals surface area contributed by atoms with E-state index in [0.717, 1.165) is 0 Å². The van der Waals surface area contributed by atoms with Gasteiger partial charge >= 0.3 is 5.97 Å². The van der Waals surface area contributed by atoms with Gasteiger partial charge in [0.1, 0.15) is 0 Å². The number of hydrogen-bond donors (Lipinski definition) is 3. The highest BCUT2D eigenvalue weighted by molar-refractivity contribution is 5.89. The molecule has 0 saturated heterocycles. The van der Waals surface area contributed by atoms with Gasteiger partial charge in [-0.1, -0.05) is 0 Å². The molecule has 1 rings (SSSR count). The van der Waals surface area contributed by atoms with Gasteiger partial charge in [-0.05, 0) is 27.2 Å². The molecule has 1 unspecified atom stereocenters. The number of aryl methyl sites for hydroxylation is 1. The number of H-pyrrole nitrogens is 1. The van der Waals surface area contributed by atoms with Crippen molar-refractivity contribution in [3.05, 3.63) is 21.6 Å². The normalized spacial score (nSPS) is 11.8. The Morgan fingerprint density at radius 1 is 1.45 bits per heavy atom. The first-order valence-electron chi connectivity index (χ1n) is 7.06. The Morgan fingerprint density at radius 2 is 2.14 bits per heavy atom. The number of aromatic nitrogens is 2. The zero-order valence-electron chi connectivity index (χ0n) is 12.9. The van der Waals surface area contributed by atoms with Crippen LogP contribution in [0, 0.1) is 6.92 Å². The van der Waals surface area contributed by atoms with E-state index < -0.39 is 17.6 Å². The fourth-order valence-electron chi connectivity index (χ4n) is 1.88. The molecule has 3 N–H and O–H groups in total. The molecular formula is C14H21N3O5. The number of hydrogen-bond acceptors (Lipinski definition) is 6. The number of anilines is 1. The van der Waals surface area contributed by atoms with Crippen LogP contribution in [-0.4, -0.2) is 39.7 Å². The average molecular weight is 311 g/mol. The molecule has 8 heteroatoms. The number of rotatable bonds is 7. The summed E-state index contributed by atoms with van der Waals surface area (Å²) in [5.74, 6) is -0.805. The predicted octanol–water partition coefficient (Wildman–Crippen LogP) is 0.283. The highest BCUT2D eigenvalue weighted by atomic mass is 16.5. The Hall–Kier alpha value is -2.22. The minimum atomic E-state index is -0.781. The summed E-state index contributed by atoms with van der Waals surface area (Å²) in [6.45, 7) is 5.15. The van der Waals surface area contributed by atoms with E-state index in [1.54, 1.807) is 13.8 Å². The Labute approximate surface area is 127 Å². The number of nitrogens with one attached hydrogen (secondary N) is 2. The molecule has 1 amide bonds. The van der Waals surface area contributed by atoms with Gasteiger partial charge in [0, 0.05) is 17.7 Å². The lowest BCUT2D eigenvalue weighted by molar-refractivity contribution is -0.143. The molecule has 1 aromatic heterocycles. The molecule has 0 aliphatic carbocycles. The first-order chi connectivity index (χ1) is 10.3. The maximum atomic E-state index is 12.0. The molecule has 0 aliphatic rings. The van der Waals surface area contributed by atoms with Crippen LogP contribution in [0.5, 0.6) is 0 Å². The highest BCUT2D eigenvalue weighted by Crippen LogP contribution is 2.06. The summed E-state index contributed by atoms with van der Waals surface area (Å²) in [6, 6.07) is 0. The van der Waals surface area contributed by atoms with Crippen LogP contribution in [0.4, 0.5) is 5.95 Å². The monoisotopic (exact) mass is 311 g/mol. The maximum Gasteiger partial charge on any atom is 0.306 e. The van der Waals surface area contributed by atoms with Gasteiger partial charge in [0.2, 0.25) is 11.9 Å². The molecular weight excluding hydrogens is 290 g/mol. The number of carbonyl (C=O) groups excluding carboxylic acids is 2. The Balaban J connectivity index is 2.77. The molecule has 0 radical (unpaired) electrons. The predicted molar refractivity (Wildman–Crippen MR) is 79.5 cm³/mol. The van der Waals surface area contributed by atoms with Crippen molar-refractivity contribution >= 4 is 17.8 Å². The number of esters is 1. The number of aliphatic hydroxyl groups excluding tert-OH is 1. The van der Waals surface area contributed by atoms with Crippen LogP contribution in [0.3, 0.4) is 0 Å². The van der Waals surface area contributed by atoms with Gasteiger partial charge in [0.25, 0.3) is 5.56 Å². The van der Waals surface area contributed by atoms with Crippen molar-refractivity contribution in [2.75, 3.05) is 11.9 Å². The largest absolute Gasteiger partial charge is 0.466 e. The number of ether oxygens (including phenoxy) is 1. The zero-order chi connectivity index (χ0) is 16.7. The number of aliphatic hydroxyl groups is 1. The van der Waals surface area contributed by atoms with Crippen molar-refractivity contribution < 1.29 is 19.4 Å². The van der Waals surface area contributed by atoms with Crippen LogP contribution in [0.15, 0.2) is 4.79 Å². The van der Waals surface area contributed by atoms with Crippen molar-refractivity contribution in [1.29, 1.82) is 0 Å². The third-order valence-electron chi connectivity index (χ3n) is 2.85. The van der Waals surface area contributed by atoms with E-state index >= 15 is 0 Å². The fourth-order valence-corrected chi connectivity index (χ4v) is 1.88. The van der Waals surface area contributed by atoms with E-state index in [2.05, 4.69) is 15.3 Å². The molecule has 1 heterocycles. The second-order valence-corrected chi connectivity index (χ2v) is 4.90. The molecule has 1 aromatic rings. The average Bonchev–Trinajstić information content (AvgIpc) is 2.36. The summed E-state index contributed by atoms with van der Waals surface area (Å²) in [4.78, 5) is 41.3. The standard InChI is InChI=1S/C14H21N3O5/c1-4-22-12(20)6-5-10-9(3)15-14(17-13(10)21)16-11(19)7-8(2)18/h8,18H,4-7H2,1-3H3,(H2,15,16,17,19,21). The van der Waals surface area contributed by atoms with Gasteiger partial charge in [-0.3, -0.25) is 19.7 Å². The number of nitrogens with zero attached hydrogens (tertiary/aromatic N) is 1. The summed E-state index contributed by atoms with van der Waals surface area (Å²) >= 11 is 0. The second kappa shape index (κ2) is 8.28. The number of aromatic amines is 1. The van der Waals surface area contributed by atoms with Gasteiger partial charge in [0.05, 0.1) is 19.1 Å². The van der Waals surface area contributed by atoms with E-state index in [9.17, 15) is 14.4 Å². The van der Waals surface area contributed by atoms with Crippen molar-refractivity contribution in [3.8, 4) is 0 Å². The lowest BCUT2D eigenvalue weighted by Gasteiger charge is -2.09. The molecule has 22 heavy (non-hydrogen) atoms. The summed E-state index contributed by atoms with van der Waals surface area (Å²) in [5.41, 5.74) is 0.395. The van der Waals surface area contributed by atoms with Gasteiger partial charge in [-0.2, -0.15) is 4.98 Å². The van der Waals surface area contributed by atoms with E-state index in [4.69, 9.17) is 9.84 Å². The van der Waals surface area contributed by atoms with Gasteiger partial charge in [-0.15, -0.1) is 0 Å². The molecule has 0 bridgehead atoms. The van der Waals surface area contributed by atoms with Crippen molar-refractivity contribution in [1.82, 2.24) is 9.97 Å². The quantitative estimate of drug-likeness (QED) is 0.622. The lowest BCUT2D eigenvalue weighted by atomic mass is 10.1. The SMILES string of the molecule is CCOC(=O)CCc1c(C)[nH]c(NC(=O)CC(C)O)nc1=O. The summed E-state index contributed by atoms with van der Waals surface area (Å²) < 4.78 is 4.80. The van der Waals surface area contributed by atoms with Crippen molar-refractivity contribution in [2.45, 2.75) is 46.1 Å². The lowest BCUT2D eigenvalue weighted by Crippen LogP contribution is -2.24. The Morgan fingerprint density at radius 3 is 2.68 bits per heavy atom. The maximum absolute atomic E-state index is 12.0. The summed E-state index contributed by atoms with van der Waals surface area (Å²) in [7, 11) is 0. The molecule has 0 saturated carbocycles. The minimum absolute atomic E-state index is 0.0213. The summed E-state index contributed by atoms with van der Waals surface area (Å²) in [5, 5.41) is 11.5. The molecule has 1 atom stereocenters. The van der Waals surface area contributed by atoms with E-state index in [-0.39, 0.29) is 31.2 Å². The third-order valence-corrected chi connectivity index (χ3v) is 2.85. The van der Waals surface area contributed by atoms with Crippen LogP contribution in [0.2, 0.25) is 0 Å². The molecule has 0 fully saturated rings. The molecule has 122 valence electrons. The molecule has 0 aromatic carbocycles. The van der Waals surface area contributed by atoms with E-state index in [0.29, 0.717) is 17.9 Å². The number of carbonyl (C=O) groups is 2. The van der Waals surface area contributed by atoms with Crippen molar-refractivity contribution in [3.63, 3.8) is 0 Å². The molecule has 0 spiro atoms. The van der Waals surface area contributed by atoms with E-state index in [1.165, 1.54) is 6.92 Å². The van der Waals surface area contributed by atoms with Crippen LogP contribution in [0.1, 0.15) is 37.9 Å². The Kier molecular flexibility index (Phi) is 6.71. The van der Waals surface area contributed by atoms with Crippen LogP contribution >= 0.6 is 0 Å². The van der Waals surface area contributed by atoms with Crippen LogP contribution < -0.4 is 10.9 Å². The first-order valence-corrected chi connectivity index (χ1v) is 7.06. The zero-order valence-corrected chi connectivity index (χ0v) is 12.9. The topological polar surface area (TPSA) is 121 Å². The first kappa shape index (κ1) is 17.8. The summed E-state index contributed by atoms with van der Waals surface area (Å²) in [6.07, 6.45) is -0.563. The smallest absolute Gasteiger partial charge is 0.306 e. The Bertz CT molecular complexity index is 595. The van der Waals surface area contributed by atoms with Gasteiger partial charge in [0.15, 0.2) is 0 Å². The van der Waals surface area contributed by atoms with Crippen molar-refractivity contribution in [2.24, 2.45) is 0 Å². The molecule has 0 aliphatic heterocycles. The van der Waals surface area contributed by atoms with Gasteiger partial charge < -0.3 is 14.8 Å². The fraction of sp³-hybridized carbons (Fsp3) is 0.571. The third kappa shape index (κ3) is 5.65. The van der Waals surface area contributed by atoms with Crippen LogP contribution in [-0.2, 0) is 20.7 Å². The number of amides is 1. The van der Waals surface area contributed by atoms with Crippen LogP contribution in [0.25, 0.3) is 0 Å². The minimum Gasteiger partial charge on any atom is -0.466 e. The highest BCUT2D eigenvalue weighted by Gasteiger charge is 2.13. The molecule has 8 nitrogen and oxygen atoms in total. The van der Waals surface area contributed by atoms with E-state index in [1.807, 2.05) is 0 Å². The van der Waals surface area contributed by atoms with Gasteiger partial charge in [-0.25, -0.2) is 0 Å². The second-order valence-electron chi connectivity index (χ2n) is 4.90.